The lowest BCUT2D eigenvalue weighted by molar-refractivity contribution is -0.193. The van der Waals surface area contributed by atoms with Gasteiger partial charge < -0.3 is 61.8 Å². The summed E-state index contributed by atoms with van der Waals surface area (Å²) >= 11 is 0. The molecule has 3 aromatic carbocycles. The number of benzene rings is 3. The Morgan fingerprint density at radius 3 is 1.29 bits per heavy atom. The maximum atomic E-state index is 12.6. The van der Waals surface area contributed by atoms with Crippen molar-refractivity contribution in [2.75, 3.05) is 30.8 Å². The third-order valence-corrected chi connectivity index (χ3v) is 12.0. The molecule has 0 aliphatic rings. The average molecular weight is 1130 g/mol. The standard InChI is InChI=1S/C32H47N3O6.C24H41N3O4.2CO2.CH4O/c1-22(31(2,3)4)18-25(34-30(39)41-32(5,6)7)19-24-15-16-27(36)26(20-24)35-28(37)14-11-17-33-29(38)40-21-23-12-9-8-10-13-23;1-16(23(2,3)4)13-18(26-22(30)31-24(5,6)7)14-17-10-11-20(28)19(15-17)27-21(29)9-8-12-25;2*2-1-3;1-2/h8-10,12-13,15-16,20,22,25,36H,11,14,17-19,21H2,1-7H3,(H,33,38)(H,34,39)(H,35,37);10-11,15-16,18,28H,8-9,12-14,25H2,1-7H3,(H,26,30)(H,27,29);;;2H,1H3/t22?,25-;16?,18-;;;/m11.../s1. The van der Waals surface area contributed by atoms with Crippen molar-refractivity contribution in [3.8, 4) is 11.5 Å². The van der Waals surface area contributed by atoms with Gasteiger partial charge in [0.15, 0.2) is 0 Å². The van der Waals surface area contributed by atoms with E-state index < -0.39 is 29.5 Å². The predicted molar refractivity (Wildman–Crippen MR) is 304 cm³/mol. The Kier molecular flexibility index (Phi) is 35.8. The summed E-state index contributed by atoms with van der Waals surface area (Å²) in [6.45, 7) is 29.2. The monoisotopic (exact) mass is 1120 g/mol. The van der Waals surface area contributed by atoms with Gasteiger partial charge in [-0.1, -0.05) is 97.9 Å². The highest BCUT2D eigenvalue weighted by atomic mass is 16.6. The van der Waals surface area contributed by atoms with E-state index >= 15 is 0 Å². The highest BCUT2D eigenvalue weighted by Gasteiger charge is 2.28. The highest BCUT2D eigenvalue weighted by Crippen LogP contribution is 2.33. The van der Waals surface area contributed by atoms with Crippen molar-refractivity contribution >= 4 is 53.8 Å². The Morgan fingerprint density at radius 2 is 0.938 bits per heavy atom. The summed E-state index contributed by atoms with van der Waals surface area (Å²) in [4.78, 5) is 93.9. The first-order chi connectivity index (χ1) is 37.2. The lowest BCUT2D eigenvalue weighted by Crippen LogP contribution is -2.42. The topological polar surface area (TPSA) is 328 Å². The number of aliphatic hydroxyl groups is 1. The first kappa shape index (κ1) is 74.8. The maximum absolute atomic E-state index is 12.6. The van der Waals surface area contributed by atoms with Crippen LogP contribution >= 0.6 is 0 Å². The number of phenols is 2. The number of anilines is 2. The number of nitrogens with one attached hydrogen (secondary N) is 5. The van der Waals surface area contributed by atoms with Crippen LogP contribution in [0.1, 0.15) is 152 Å². The SMILES string of the molecule is CC(C[C@H](Cc1ccc(O)c(NC(=O)CCCN)c1)NC(=O)OC(C)(C)C)C(C)(C)C.CC(C[C@H](Cc1ccc(O)c(NC(=O)CCCNC(=O)OCc2ccccc2)c1)NC(=O)OC(C)(C)C)C(C)(C)C.CO.O=C=O.O=C=O. The Bertz CT molecular complexity index is 2370. The van der Waals surface area contributed by atoms with Gasteiger partial charge in [-0.05, 0) is 150 Å². The zero-order chi connectivity index (χ0) is 61.9. The minimum atomic E-state index is -0.613. The zero-order valence-corrected chi connectivity index (χ0v) is 49.8. The molecule has 448 valence electrons. The second-order valence-corrected chi connectivity index (χ2v) is 23.1. The lowest BCUT2D eigenvalue weighted by Gasteiger charge is -2.32. The van der Waals surface area contributed by atoms with Crippen molar-refractivity contribution in [3.63, 3.8) is 0 Å². The molecule has 0 heterocycles. The van der Waals surface area contributed by atoms with Gasteiger partial charge in [-0.15, -0.1) is 0 Å². The quantitative estimate of drug-likeness (QED) is 0.0272. The molecule has 0 fully saturated rings. The molecule has 3 aromatic rings. The van der Waals surface area contributed by atoms with Crippen LogP contribution in [-0.4, -0.2) is 101 Å². The van der Waals surface area contributed by atoms with E-state index in [0.29, 0.717) is 61.9 Å². The van der Waals surface area contributed by atoms with Crippen LogP contribution in [0.4, 0.5) is 25.8 Å². The van der Waals surface area contributed by atoms with E-state index in [-0.39, 0.29) is 78.1 Å². The van der Waals surface area contributed by atoms with E-state index in [9.17, 15) is 34.2 Å². The summed E-state index contributed by atoms with van der Waals surface area (Å²) in [5.74, 6) is 0.126. The summed E-state index contributed by atoms with van der Waals surface area (Å²) in [5.41, 5.74) is 7.69. The number of phenolic OH excluding ortho intramolecular Hbond substituents is 2. The van der Waals surface area contributed by atoms with E-state index in [1.165, 1.54) is 6.07 Å². The van der Waals surface area contributed by atoms with Crippen LogP contribution in [0.3, 0.4) is 0 Å². The number of hydrogen-bond donors (Lipinski definition) is 9. The Hall–Kier alpha value is -7.31. The van der Waals surface area contributed by atoms with Crippen LogP contribution in [0.2, 0.25) is 0 Å². The van der Waals surface area contributed by atoms with E-state index in [2.05, 4.69) is 82.0 Å². The van der Waals surface area contributed by atoms with Gasteiger partial charge in [0.2, 0.25) is 11.8 Å². The summed E-state index contributed by atoms with van der Waals surface area (Å²) in [5, 5.41) is 41.6. The fraction of sp³-hybridized carbons (Fsp3) is 0.576. The van der Waals surface area contributed by atoms with E-state index in [0.717, 1.165) is 36.6 Å². The van der Waals surface area contributed by atoms with Crippen LogP contribution in [-0.2, 0) is 62.4 Å². The lowest BCUT2D eigenvalue weighted by atomic mass is 9.78. The molecule has 0 aliphatic carbocycles. The highest BCUT2D eigenvalue weighted by molar-refractivity contribution is 5.93. The van der Waals surface area contributed by atoms with Crippen molar-refractivity contribution < 1.29 is 72.7 Å². The number of carbonyl (C=O) groups excluding carboxylic acids is 9. The minimum absolute atomic E-state index is 0.00422. The van der Waals surface area contributed by atoms with Gasteiger partial charge in [0, 0.05) is 38.6 Å². The molecule has 21 heteroatoms. The molecule has 2 unspecified atom stereocenters. The summed E-state index contributed by atoms with van der Waals surface area (Å²) in [6, 6.07) is 19.1. The predicted octanol–water partition coefficient (Wildman–Crippen LogP) is 9.56. The van der Waals surface area contributed by atoms with Crippen LogP contribution in [0.5, 0.6) is 11.5 Å². The number of amides is 5. The van der Waals surface area contributed by atoms with Gasteiger partial charge in [-0.2, -0.15) is 19.2 Å². The van der Waals surface area contributed by atoms with Gasteiger partial charge in [0.05, 0.1) is 11.4 Å². The molecule has 0 radical (unpaired) electrons. The molecule has 80 heavy (non-hydrogen) atoms. The fourth-order valence-electron chi connectivity index (χ4n) is 6.99. The van der Waals surface area contributed by atoms with Crippen molar-refractivity contribution in [3.05, 3.63) is 83.4 Å². The van der Waals surface area contributed by atoms with E-state index in [1.807, 2.05) is 71.9 Å². The molecule has 3 rings (SSSR count). The van der Waals surface area contributed by atoms with Crippen molar-refractivity contribution in [2.24, 2.45) is 28.4 Å². The van der Waals surface area contributed by atoms with Crippen LogP contribution in [0.15, 0.2) is 66.7 Å². The normalized spacial score (nSPS) is 12.4. The second kappa shape index (κ2) is 38.3. The van der Waals surface area contributed by atoms with Gasteiger partial charge >= 0.3 is 30.6 Å². The summed E-state index contributed by atoms with van der Waals surface area (Å²) in [7, 11) is 1.00. The Labute approximate surface area is 473 Å². The largest absolute Gasteiger partial charge is 0.506 e. The zero-order valence-electron chi connectivity index (χ0n) is 49.8. The molecule has 0 aromatic heterocycles. The molecular formula is C59H92N6O15. The maximum Gasteiger partial charge on any atom is 0.407 e. The molecule has 0 saturated carbocycles. The molecule has 5 amide bonds. The molecule has 0 aliphatic heterocycles. The smallest absolute Gasteiger partial charge is 0.407 e. The fourth-order valence-corrected chi connectivity index (χ4v) is 6.99. The van der Waals surface area contributed by atoms with Crippen molar-refractivity contribution in [1.29, 1.82) is 0 Å². The van der Waals surface area contributed by atoms with E-state index in [1.54, 1.807) is 30.3 Å². The minimum Gasteiger partial charge on any atom is -0.506 e. The van der Waals surface area contributed by atoms with Gasteiger partial charge in [0.1, 0.15) is 29.3 Å². The van der Waals surface area contributed by atoms with Crippen LogP contribution in [0, 0.1) is 22.7 Å². The number of alkyl carbamates (subject to hydrolysis) is 3. The number of aromatic hydroxyl groups is 2. The third kappa shape index (κ3) is 36.7. The molecule has 10 N–H and O–H groups in total. The molecule has 4 atom stereocenters. The summed E-state index contributed by atoms with van der Waals surface area (Å²) < 4.78 is 16.1. The Morgan fingerprint density at radius 1 is 0.562 bits per heavy atom. The van der Waals surface area contributed by atoms with Gasteiger partial charge in [0.25, 0.3) is 0 Å². The number of ether oxygens (including phenoxy) is 3. The average Bonchev–Trinajstić information content (AvgIpc) is 3.33. The molecule has 0 spiro atoms. The number of nitrogens with two attached hydrogens (primary N) is 1. The first-order valence-corrected chi connectivity index (χ1v) is 26.5. The number of aliphatic hydroxyl groups excluding tert-OH is 1. The van der Waals surface area contributed by atoms with Crippen LogP contribution < -0.4 is 32.3 Å². The number of carbonyl (C=O) groups is 5. The Balaban J connectivity index is 0. The van der Waals surface area contributed by atoms with Gasteiger partial charge in [-0.3, -0.25) is 9.59 Å². The van der Waals surface area contributed by atoms with Crippen LogP contribution in [0.25, 0.3) is 0 Å². The van der Waals surface area contributed by atoms with Crippen molar-refractivity contribution in [1.82, 2.24) is 16.0 Å². The number of rotatable bonds is 21. The third-order valence-electron chi connectivity index (χ3n) is 12.0. The molecule has 0 bridgehead atoms. The van der Waals surface area contributed by atoms with E-state index in [4.69, 9.17) is 44.2 Å². The molecule has 0 saturated heterocycles. The first-order valence-electron chi connectivity index (χ1n) is 26.5. The number of hydrogen-bond acceptors (Lipinski definition) is 16. The molecular weight excluding hydrogens is 1030 g/mol. The van der Waals surface area contributed by atoms with Gasteiger partial charge in [-0.25, -0.2) is 14.4 Å². The summed E-state index contributed by atoms with van der Waals surface area (Å²) in [6.07, 6.45) is 2.99. The van der Waals surface area contributed by atoms with Crippen molar-refractivity contribution in [2.45, 2.75) is 178 Å². The molecule has 21 nitrogen and oxygen atoms in total. The second-order valence-electron chi connectivity index (χ2n) is 23.1.